The smallest absolute Gasteiger partial charge is 0.384 e. The predicted molar refractivity (Wildman–Crippen MR) is 52.9 cm³/mol. The van der Waals surface area contributed by atoms with Crippen LogP contribution in [0.1, 0.15) is 6.92 Å². The van der Waals surface area contributed by atoms with Crippen LogP contribution >= 0.6 is 0 Å². The summed E-state index contributed by atoms with van der Waals surface area (Å²) in [5.74, 6) is 3.38. The van der Waals surface area contributed by atoms with Gasteiger partial charge in [0, 0.05) is 11.5 Å². The molecule has 0 bridgehead atoms. The summed E-state index contributed by atoms with van der Waals surface area (Å²) in [5.41, 5.74) is 0.317. The van der Waals surface area contributed by atoms with Crippen LogP contribution in [0.3, 0.4) is 0 Å². The Morgan fingerprint density at radius 3 is 2.57 bits per heavy atom. The fourth-order valence-electron chi connectivity index (χ4n) is 0.531. The molecule has 0 N–H and O–H groups in total. The molecule has 0 saturated carbocycles. The molecule has 0 unspecified atom stereocenters. The highest BCUT2D eigenvalue weighted by molar-refractivity contribution is 5.89. The van der Waals surface area contributed by atoms with Gasteiger partial charge in [-0.25, -0.2) is 9.18 Å². The van der Waals surface area contributed by atoms with E-state index in [-0.39, 0.29) is 6.61 Å². The standard InChI is InChI=1S/C11H11FO2/c1-4-14-11(13)8-6-9(2)5-7-10(3)12/h5,7H,2-4H2,1H3/b7-5-. The Kier molecular flexibility index (Phi) is 5.80. The average molecular weight is 194 g/mol. The second-order valence-corrected chi connectivity index (χ2v) is 2.28. The maximum atomic E-state index is 12.1. The first-order valence-electron chi connectivity index (χ1n) is 3.96. The molecule has 0 rings (SSSR count). The minimum Gasteiger partial charge on any atom is -0.456 e. The van der Waals surface area contributed by atoms with Crippen LogP contribution in [0, 0.1) is 11.8 Å². The van der Waals surface area contributed by atoms with Crippen LogP contribution in [0.4, 0.5) is 4.39 Å². The minimum absolute atomic E-state index is 0.275. The van der Waals surface area contributed by atoms with Crippen molar-refractivity contribution in [1.82, 2.24) is 0 Å². The molecule has 0 aliphatic rings. The molecule has 0 atom stereocenters. The molecule has 3 heteroatoms. The maximum Gasteiger partial charge on any atom is 0.384 e. The third-order valence-corrected chi connectivity index (χ3v) is 1.07. The van der Waals surface area contributed by atoms with E-state index in [2.05, 4.69) is 29.7 Å². The molecule has 0 aliphatic carbocycles. The van der Waals surface area contributed by atoms with Gasteiger partial charge in [-0.1, -0.05) is 19.1 Å². The molecular weight excluding hydrogens is 183 g/mol. The van der Waals surface area contributed by atoms with Gasteiger partial charge in [0.05, 0.1) is 6.61 Å². The van der Waals surface area contributed by atoms with Crippen LogP contribution in [-0.4, -0.2) is 12.6 Å². The van der Waals surface area contributed by atoms with Crippen LogP contribution in [0.25, 0.3) is 0 Å². The zero-order valence-corrected chi connectivity index (χ0v) is 7.97. The molecule has 0 aromatic rings. The molecule has 74 valence electrons. The number of ether oxygens (including phenoxy) is 1. The Hall–Kier alpha value is -1.82. The first-order valence-corrected chi connectivity index (χ1v) is 3.96. The third-order valence-electron chi connectivity index (χ3n) is 1.07. The van der Waals surface area contributed by atoms with E-state index in [1.165, 1.54) is 6.08 Å². The second-order valence-electron chi connectivity index (χ2n) is 2.28. The monoisotopic (exact) mass is 194 g/mol. The van der Waals surface area contributed by atoms with Crippen LogP contribution in [0.15, 0.2) is 36.7 Å². The van der Waals surface area contributed by atoms with Crippen LogP contribution in [0.2, 0.25) is 0 Å². The average Bonchev–Trinajstić information content (AvgIpc) is 2.12. The predicted octanol–water partition coefficient (Wildman–Crippen LogP) is 2.15. The van der Waals surface area contributed by atoms with Gasteiger partial charge in [-0.15, -0.1) is 0 Å². The van der Waals surface area contributed by atoms with E-state index in [9.17, 15) is 9.18 Å². The summed E-state index contributed by atoms with van der Waals surface area (Å²) in [6, 6.07) is 0. The summed E-state index contributed by atoms with van der Waals surface area (Å²) < 4.78 is 16.7. The molecule has 0 saturated heterocycles. The lowest BCUT2D eigenvalue weighted by atomic mass is 10.3. The van der Waals surface area contributed by atoms with Crippen molar-refractivity contribution in [2.45, 2.75) is 6.92 Å². The summed E-state index contributed by atoms with van der Waals surface area (Å²) in [5, 5.41) is 0. The first-order chi connectivity index (χ1) is 6.56. The van der Waals surface area contributed by atoms with Gasteiger partial charge in [0.15, 0.2) is 0 Å². The summed E-state index contributed by atoms with van der Waals surface area (Å²) >= 11 is 0. The summed E-state index contributed by atoms with van der Waals surface area (Å²) in [4.78, 5) is 10.7. The Labute approximate surface area is 82.8 Å². The molecule has 0 amide bonds. The van der Waals surface area contributed by atoms with Gasteiger partial charge in [-0.2, -0.15) is 0 Å². The zero-order valence-electron chi connectivity index (χ0n) is 7.97. The highest BCUT2D eigenvalue weighted by Gasteiger charge is 1.91. The molecular formula is C11H11FO2. The largest absolute Gasteiger partial charge is 0.456 e. The normalized spacial score (nSPS) is 9.00. The highest BCUT2D eigenvalue weighted by atomic mass is 19.1. The summed E-state index contributed by atoms with van der Waals surface area (Å²) in [6.45, 7) is 8.46. The minimum atomic E-state index is -0.624. The molecule has 0 heterocycles. The van der Waals surface area contributed by atoms with Gasteiger partial charge >= 0.3 is 5.97 Å². The van der Waals surface area contributed by atoms with Crippen LogP contribution < -0.4 is 0 Å². The van der Waals surface area contributed by atoms with Gasteiger partial charge in [-0.05, 0) is 19.1 Å². The zero-order chi connectivity index (χ0) is 11.0. The summed E-state index contributed by atoms with van der Waals surface area (Å²) in [6.07, 6.45) is 2.44. The highest BCUT2D eigenvalue weighted by Crippen LogP contribution is 1.97. The van der Waals surface area contributed by atoms with E-state index in [0.717, 1.165) is 6.08 Å². The Morgan fingerprint density at radius 2 is 2.07 bits per heavy atom. The first kappa shape index (κ1) is 12.2. The number of hydrogen-bond acceptors (Lipinski definition) is 2. The molecule has 0 aromatic carbocycles. The topological polar surface area (TPSA) is 26.3 Å². The second kappa shape index (κ2) is 6.67. The van der Waals surface area contributed by atoms with E-state index < -0.39 is 11.8 Å². The fourth-order valence-corrected chi connectivity index (χ4v) is 0.531. The van der Waals surface area contributed by atoms with Crippen molar-refractivity contribution in [3.05, 3.63) is 36.7 Å². The van der Waals surface area contributed by atoms with Gasteiger partial charge in [-0.3, -0.25) is 0 Å². The number of allylic oxidation sites excluding steroid dienone is 4. The molecule has 2 nitrogen and oxygen atoms in total. The molecule has 0 spiro atoms. The summed E-state index contributed by atoms with van der Waals surface area (Å²) in [7, 11) is 0. The van der Waals surface area contributed by atoms with E-state index >= 15 is 0 Å². The number of hydrogen-bond donors (Lipinski definition) is 0. The maximum absolute atomic E-state index is 12.1. The Balaban J connectivity index is 4.17. The molecule has 0 aromatic heterocycles. The van der Waals surface area contributed by atoms with Gasteiger partial charge in [0.25, 0.3) is 0 Å². The van der Waals surface area contributed by atoms with Crippen molar-refractivity contribution in [1.29, 1.82) is 0 Å². The van der Waals surface area contributed by atoms with E-state index in [1.807, 2.05) is 0 Å². The van der Waals surface area contributed by atoms with E-state index in [4.69, 9.17) is 0 Å². The number of esters is 1. The van der Waals surface area contributed by atoms with Gasteiger partial charge in [0.2, 0.25) is 0 Å². The molecule has 0 fully saturated rings. The molecule has 0 aliphatic heterocycles. The molecule has 0 radical (unpaired) electrons. The van der Waals surface area contributed by atoms with E-state index in [0.29, 0.717) is 5.57 Å². The molecule has 14 heavy (non-hydrogen) atoms. The SMILES string of the molecule is C=C(F)/C=C\C(=C)C#CC(=O)OCC. The number of carbonyl (C=O) groups excluding carboxylic acids is 1. The quantitative estimate of drug-likeness (QED) is 0.298. The lowest BCUT2D eigenvalue weighted by Crippen LogP contribution is -1.99. The van der Waals surface area contributed by atoms with Gasteiger partial charge < -0.3 is 4.74 Å². The van der Waals surface area contributed by atoms with Crippen LogP contribution in [-0.2, 0) is 9.53 Å². The number of halogens is 1. The fraction of sp³-hybridized carbons (Fsp3) is 0.182. The third kappa shape index (κ3) is 6.86. The Bertz CT molecular complexity index is 329. The van der Waals surface area contributed by atoms with Crippen molar-refractivity contribution in [2.24, 2.45) is 0 Å². The lowest BCUT2D eigenvalue weighted by molar-refractivity contribution is -0.136. The number of carbonyl (C=O) groups is 1. The van der Waals surface area contributed by atoms with E-state index in [1.54, 1.807) is 6.92 Å². The van der Waals surface area contributed by atoms with Crippen molar-refractivity contribution in [3.8, 4) is 11.8 Å². The van der Waals surface area contributed by atoms with Crippen LogP contribution in [0.5, 0.6) is 0 Å². The lowest BCUT2D eigenvalue weighted by Gasteiger charge is -1.90. The van der Waals surface area contributed by atoms with Crippen molar-refractivity contribution in [3.63, 3.8) is 0 Å². The van der Waals surface area contributed by atoms with Crippen molar-refractivity contribution in [2.75, 3.05) is 6.61 Å². The number of rotatable bonds is 3. The van der Waals surface area contributed by atoms with Crippen molar-refractivity contribution >= 4 is 5.97 Å². The van der Waals surface area contributed by atoms with Gasteiger partial charge in [0.1, 0.15) is 5.83 Å². The Morgan fingerprint density at radius 1 is 1.43 bits per heavy atom. The van der Waals surface area contributed by atoms with Crippen molar-refractivity contribution < 1.29 is 13.9 Å².